The predicted octanol–water partition coefficient (Wildman–Crippen LogP) is 0.716. The van der Waals surface area contributed by atoms with Crippen LogP contribution in [-0.2, 0) is 16.1 Å². The van der Waals surface area contributed by atoms with Crippen LogP contribution in [0.15, 0.2) is 11.1 Å². The zero-order valence-electron chi connectivity index (χ0n) is 13.6. The van der Waals surface area contributed by atoms with Crippen LogP contribution in [0.3, 0.4) is 0 Å². The van der Waals surface area contributed by atoms with Gasteiger partial charge in [-0.15, -0.1) is 11.3 Å². The van der Waals surface area contributed by atoms with Gasteiger partial charge < -0.3 is 10.6 Å². The smallest absolute Gasteiger partial charge is 0.262 e. The molecule has 0 unspecified atom stereocenters. The highest BCUT2D eigenvalue weighted by Crippen LogP contribution is 2.25. The van der Waals surface area contributed by atoms with E-state index in [1.54, 1.807) is 13.8 Å². The Kier molecular flexibility index (Phi) is 5.15. The van der Waals surface area contributed by atoms with Gasteiger partial charge in [0.2, 0.25) is 11.8 Å². The van der Waals surface area contributed by atoms with Crippen LogP contribution >= 0.6 is 11.3 Å². The Morgan fingerprint density at radius 1 is 1.39 bits per heavy atom. The number of fused-ring (bicyclic) bond motifs is 1. The Hall–Kier alpha value is -2.22. The van der Waals surface area contributed by atoms with Crippen LogP contribution in [0.1, 0.15) is 24.3 Å². The number of thiophene rings is 1. The van der Waals surface area contributed by atoms with Crippen molar-refractivity contribution in [1.29, 1.82) is 0 Å². The first-order valence-corrected chi connectivity index (χ1v) is 8.19. The van der Waals surface area contributed by atoms with E-state index in [2.05, 4.69) is 15.6 Å². The quantitative estimate of drug-likeness (QED) is 0.841. The van der Waals surface area contributed by atoms with Crippen LogP contribution in [0, 0.1) is 13.8 Å². The van der Waals surface area contributed by atoms with Gasteiger partial charge in [-0.1, -0.05) is 0 Å². The summed E-state index contributed by atoms with van der Waals surface area (Å²) in [6.07, 6.45) is 1.37. The van der Waals surface area contributed by atoms with Gasteiger partial charge in [0.15, 0.2) is 0 Å². The standard InChI is InChI=1S/C15H20N4O3S/c1-5-16-13(21)9(3)18-11(20)6-19-7-17-14-12(15(19)22)8(2)10(4)23-14/h7,9H,5-6H2,1-4H3,(H,16,21)(H,18,20)/t9-/m0/s1. The molecule has 2 aromatic rings. The summed E-state index contributed by atoms with van der Waals surface area (Å²) in [6, 6.07) is -0.653. The highest BCUT2D eigenvalue weighted by atomic mass is 32.1. The number of carbonyl (C=O) groups excluding carboxylic acids is 2. The van der Waals surface area contributed by atoms with Gasteiger partial charge in [-0.2, -0.15) is 0 Å². The molecule has 2 N–H and O–H groups in total. The van der Waals surface area contributed by atoms with E-state index in [-0.39, 0.29) is 18.0 Å². The van der Waals surface area contributed by atoms with Gasteiger partial charge in [0, 0.05) is 11.4 Å². The lowest BCUT2D eigenvalue weighted by molar-refractivity contribution is -0.128. The van der Waals surface area contributed by atoms with Crippen molar-refractivity contribution in [3.8, 4) is 0 Å². The van der Waals surface area contributed by atoms with Crippen molar-refractivity contribution in [2.75, 3.05) is 6.54 Å². The molecule has 0 bridgehead atoms. The molecule has 7 nitrogen and oxygen atoms in total. The first-order chi connectivity index (χ1) is 10.8. The molecule has 0 saturated carbocycles. The van der Waals surface area contributed by atoms with Crippen molar-refractivity contribution in [2.24, 2.45) is 0 Å². The number of rotatable bonds is 5. The van der Waals surface area contributed by atoms with E-state index < -0.39 is 11.9 Å². The summed E-state index contributed by atoms with van der Waals surface area (Å²) < 4.78 is 1.27. The molecule has 2 aromatic heterocycles. The van der Waals surface area contributed by atoms with Gasteiger partial charge in [-0.3, -0.25) is 19.0 Å². The maximum Gasteiger partial charge on any atom is 0.262 e. The Morgan fingerprint density at radius 2 is 2.09 bits per heavy atom. The minimum absolute atomic E-state index is 0.167. The number of carbonyl (C=O) groups is 2. The SMILES string of the molecule is CCNC(=O)[C@H](C)NC(=O)Cn1cnc2sc(C)c(C)c2c1=O. The van der Waals surface area contributed by atoms with Crippen LogP contribution in [0.5, 0.6) is 0 Å². The molecule has 0 aliphatic heterocycles. The van der Waals surface area contributed by atoms with Crippen molar-refractivity contribution >= 4 is 33.4 Å². The predicted molar refractivity (Wildman–Crippen MR) is 89.6 cm³/mol. The summed E-state index contributed by atoms with van der Waals surface area (Å²) in [5.41, 5.74) is 0.658. The molecule has 2 rings (SSSR count). The number of nitrogens with one attached hydrogen (secondary N) is 2. The molecule has 1 atom stereocenters. The third kappa shape index (κ3) is 3.58. The average molecular weight is 336 g/mol. The van der Waals surface area contributed by atoms with Crippen LogP contribution in [0.25, 0.3) is 10.2 Å². The van der Waals surface area contributed by atoms with E-state index in [0.29, 0.717) is 16.8 Å². The highest BCUT2D eigenvalue weighted by molar-refractivity contribution is 7.18. The van der Waals surface area contributed by atoms with E-state index >= 15 is 0 Å². The van der Waals surface area contributed by atoms with E-state index in [4.69, 9.17) is 0 Å². The van der Waals surface area contributed by atoms with Crippen LogP contribution in [0.2, 0.25) is 0 Å². The van der Waals surface area contributed by atoms with Crippen LogP contribution < -0.4 is 16.2 Å². The first kappa shape index (κ1) is 17.1. The largest absolute Gasteiger partial charge is 0.355 e. The second-order valence-electron chi connectivity index (χ2n) is 5.32. The fraction of sp³-hybridized carbons (Fsp3) is 0.467. The molecular weight excluding hydrogens is 316 g/mol. The Labute approximate surface area is 137 Å². The molecule has 0 saturated heterocycles. The molecule has 2 amide bonds. The lowest BCUT2D eigenvalue weighted by Crippen LogP contribution is -2.46. The van der Waals surface area contributed by atoms with Gasteiger partial charge in [-0.05, 0) is 33.3 Å². The lowest BCUT2D eigenvalue weighted by atomic mass is 10.2. The minimum atomic E-state index is -0.653. The third-order valence-corrected chi connectivity index (χ3v) is 4.71. The number of aromatic nitrogens is 2. The maximum atomic E-state index is 12.5. The number of hydrogen-bond acceptors (Lipinski definition) is 5. The van der Waals surface area contributed by atoms with E-state index in [9.17, 15) is 14.4 Å². The summed E-state index contributed by atoms with van der Waals surface area (Å²) in [6.45, 7) is 7.54. The molecule has 0 spiro atoms. The van der Waals surface area contributed by atoms with Gasteiger partial charge in [-0.25, -0.2) is 4.98 Å². The number of aryl methyl sites for hydroxylation is 2. The summed E-state index contributed by atoms with van der Waals surface area (Å²) in [4.78, 5) is 42.1. The zero-order chi connectivity index (χ0) is 17.1. The normalized spacial score (nSPS) is 12.2. The molecule has 124 valence electrons. The molecular formula is C15H20N4O3S. The summed E-state index contributed by atoms with van der Waals surface area (Å²) in [5.74, 6) is -0.664. The summed E-state index contributed by atoms with van der Waals surface area (Å²) in [7, 11) is 0. The molecule has 0 fully saturated rings. The fourth-order valence-electron chi connectivity index (χ4n) is 2.22. The zero-order valence-corrected chi connectivity index (χ0v) is 14.4. The van der Waals surface area contributed by atoms with Gasteiger partial charge in [0.1, 0.15) is 17.4 Å². The lowest BCUT2D eigenvalue weighted by Gasteiger charge is -2.13. The molecule has 0 aliphatic rings. The van der Waals surface area contributed by atoms with E-state index in [1.165, 1.54) is 22.2 Å². The number of nitrogens with zero attached hydrogens (tertiary/aromatic N) is 2. The first-order valence-electron chi connectivity index (χ1n) is 7.37. The second kappa shape index (κ2) is 6.91. The monoisotopic (exact) mass is 336 g/mol. The maximum absolute atomic E-state index is 12.5. The van der Waals surface area contributed by atoms with E-state index in [0.717, 1.165) is 10.4 Å². The van der Waals surface area contributed by atoms with Crippen LogP contribution in [0.4, 0.5) is 0 Å². The number of hydrogen-bond donors (Lipinski definition) is 2. The van der Waals surface area contributed by atoms with Gasteiger partial charge >= 0.3 is 0 Å². The van der Waals surface area contributed by atoms with Crippen molar-refractivity contribution in [3.05, 3.63) is 27.1 Å². The Balaban J connectivity index is 2.17. The third-order valence-electron chi connectivity index (χ3n) is 3.59. The Morgan fingerprint density at radius 3 is 2.74 bits per heavy atom. The molecule has 8 heteroatoms. The summed E-state index contributed by atoms with van der Waals surface area (Å²) >= 11 is 1.46. The topological polar surface area (TPSA) is 93.1 Å². The van der Waals surface area contributed by atoms with Gasteiger partial charge in [0.25, 0.3) is 5.56 Å². The molecule has 2 heterocycles. The van der Waals surface area contributed by atoms with Crippen molar-refractivity contribution in [2.45, 2.75) is 40.3 Å². The molecule has 23 heavy (non-hydrogen) atoms. The van der Waals surface area contributed by atoms with E-state index in [1.807, 2.05) is 13.8 Å². The van der Waals surface area contributed by atoms with Crippen molar-refractivity contribution < 1.29 is 9.59 Å². The highest BCUT2D eigenvalue weighted by Gasteiger charge is 2.17. The number of amides is 2. The fourth-order valence-corrected chi connectivity index (χ4v) is 3.20. The number of likely N-dealkylation sites (N-methyl/N-ethyl adjacent to an activating group) is 1. The Bertz CT molecular complexity index is 809. The van der Waals surface area contributed by atoms with Crippen LogP contribution in [-0.4, -0.2) is 34.0 Å². The molecule has 0 aliphatic carbocycles. The summed E-state index contributed by atoms with van der Waals surface area (Å²) in [5, 5.41) is 5.75. The second-order valence-corrected chi connectivity index (χ2v) is 6.53. The molecule has 0 aromatic carbocycles. The average Bonchev–Trinajstić information content (AvgIpc) is 2.78. The molecule has 0 radical (unpaired) electrons. The van der Waals surface area contributed by atoms with Crippen molar-refractivity contribution in [1.82, 2.24) is 20.2 Å². The van der Waals surface area contributed by atoms with Crippen molar-refractivity contribution in [3.63, 3.8) is 0 Å². The van der Waals surface area contributed by atoms with Gasteiger partial charge in [0.05, 0.1) is 11.7 Å². The minimum Gasteiger partial charge on any atom is -0.355 e.